The number of nitrogens with zero attached hydrogens (tertiary/aromatic N) is 2. The number of hydrogen-bond donors (Lipinski definition) is 3. The van der Waals surface area contributed by atoms with Crippen molar-refractivity contribution >= 4 is 51.7 Å². The van der Waals surface area contributed by atoms with Gasteiger partial charge in [-0.2, -0.15) is 0 Å². The molecule has 1 aliphatic heterocycles. The molecule has 0 atom stereocenters. The average Bonchev–Trinajstić information content (AvgIpc) is 3.41. The predicted molar refractivity (Wildman–Crippen MR) is 149 cm³/mol. The van der Waals surface area contributed by atoms with Crippen LogP contribution in [0, 0.1) is 13.8 Å². The highest BCUT2D eigenvalue weighted by Crippen LogP contribution is 2.31. The van der Waals surface area contributed by atoms with Crippen molar-refractivity contribution in [2.75, 3.05) is 23.7 Å². The van der Waals surface area contributed by atoms with E-state index in [1.54, 1.807) is 18.3 Å². The first-order valence-corrected chi connectivity index (χ1v) is 12.9. The molecule has 2 aromatic carbocycles. The van der Waals surface area contributed by atoms with Crippen molar-refractivity contribution in [2.24, 2.45) is 0 Å². The summed E-state index contributed by atoms with van der Waals surface area (Å²) in [5.74, 6) is -1.26. The minimum Gasteiger partial charge on any atom is -0.346 e. The number of para-hydroxylation sites is 1. The van der Waals surface area contributed by atoms with Crippen LogP contribution in [-0.2, 0) is 9.59 Å². The molecule has 0 radical (unpaired) electrons. The van der Waals surface area contributed by atoms with Crippen molar-refractivity contribution in [2.45, 2.75) is 32.6 Å². The van der Waals surface area contributed by atoms with Gasteiger partial charge in [0.15, 0.2) is 0 Å². The molecular formula is C29H28ClN5O3. The van der Waals surface area contributed by atoms with Gasteiger partial charge in [-0.25, -0.2) is 4.98 Å². The summed E-state index contributed by atoms with van der Waals surface area (Å²) in [6, 6.07) is 15.0. The molecule has 3 N–H and O–H groups in total. The van der Waals surface area contributed by atoms with Gasteiger partial charge in [0.05, 0.1) is 10.6 Å². The van der Waals surface area contributed by atoms with E-state index in [-0.39, 0.29) is 11.8 Å². The van der Waals surface area contributed by atoms with Crippen molar-refractivity contribution in [1.82, 2.24) is 14.9 Å². The fourth-order valence-corrected chi connectivity index (χ4v) is 5.20. The van der Waals surface area contributed by atoms with Gasteiger partial charge in [-0.3, -0.25) is 14.4 Å². The molecule has 38 heavy (non-hydrogen) atoms. The molecule has 1 fully saturated rings. The first-order chi connectivity index (χ1) is 18.3. The highest BCUT2D eigenvalue weighted by atomic mass is 35.5. The van der Waals surface area contributed by atoms with Crippen LogP contribution in [-0.4, -0.2) is 45.7 Å². The molecular weight excluding hydrogens is 502 g/mol. The summed E-state index contributed by atoms with van der Waals surface area (Å²) in [5, 5.41) is 6.52. The summed E-state index contributed by atoms with van der Waals surface area (Å²) >= 11 is 6.48. The lowest BCUT2D eigenvalue weighted by molar-refractivity contribution is -0.133. The van der Waals surface area contributed by atoms with Crippen LogP contribution in [0.4, 0.5) is 11.4 Å². The number of anilines is 2. The van der Waals surface area contributed by atoms with E-state index in [9.17, 15) is 14.4 Å². The highest BCUT2D eigenvalue weighted by Gasteiger charge is 2.27. The summed E-state index contributed by atoms with van der Waals surface area (Å²) in [7, 11) is 0. The zero-order chi connectivity index (χ0) is 26.8. The van der Waals surface area contributed by atoms with Crippen LogP contribution in [0.15, 0.2) is 60.9 Å². The molecule has 1 aliphatic rings. The Morgan fingerprint density at radius 1 is 0.947 bits per heavy atom. The lowest BCUT2D eigenvalue weighted by Crippen LogP contribution is -2.38. The van der Waals surface area contributed by atoms with Crippen molar-refractivity contribution in [1.29, 1.82) is 0 Å². The molecule has 8 nitrogen and oxygen atoms in total. The number of aromatic nitrogens is 2. The van der Waals surface area contributed by atoms with E-state index < -0.39 is 11.8 Å². The summed E-state index contributed by atoms with van der Waals surface area (Å²) in [4.78, 5) is 47.1. The van der Waals surface area contributed by atoms with Crippen molar-refractivity contribution in [3.05, 3.63) is 88.2 Å². The molecule has 0 saturated carbocycles. The number of benzene rings is 2. The van der Waals surface area contributed by atoms with Crippen LogP contribution in [0.1, 0.15) is 45.8 Å². The average molecular weight is 530 g/mol. The molecule has 0 bridgehead atoms. The minimum absolute atomic E-state index is 0.110. The largest absolute Gasteiger partial charge is 0.346 e. The standard InChI is InChI=1S/C29H28ClN5O3/c1-17-4-3-5-18(2)25(17)34-28(37)27(36)33-21-8-6-19(7-9-21)20-11-14-35(15-12-20)29(38)23-16-32-26-22(24(23)30)10-13-31-26/h3-10,13,16,20H,11-12,14-15H2,1-2H3,(H,31,32)(H,33,36)(H,34,37). The summed E-state index contributed by atoms with van der Waals surface area (Å²) in [6.45, 7) is 4.99. The normalized spacial score (nSPS) is 13.9. The van der Waals surface area contributed by atoms with Crippen LogP contribution in [0.2, 0.25) is 5.02 Å². The van der Waals surface area contributed by atoms with Crippen molar-refractivity contribution < 1.29 is 14.4 Å². The zero-order valence-corrected chi connectivity index (χ0v) is 21.9. The number of nitrogens with one attached hydrogen (secondary N) is 3. The van der Waals surface area contributed by atoms with Gasteiger partial charge in [-0.05, 0) is 67.5 Å². The number of likely N-dealkylation sites (tertiary alicyclic amines) is 1. The number of pyridine rings is 1. The van der Waals surface area contributed by atoms with Gasteiger partial charge in [0.25, 0.3) is 5.91 Å². The second-order valence-electron chi connectivity index (χ2n) is 9.59. The Labute approximate surface area is 225 Å². The second-order valence-corrected chi connectivity index (χ2v) is 9.97. The van der Waals surface area contributed by atoms with E-state index in [0.29, 0.717) is 40.7 Å². The number of hydrogen-bond acceptors (Lipinski definition) is 4. The Hall–Kier alpha value is -4.17. The van der Waals surface area contributed by atoms with Crippen LogP contribution >= 0.6 is 11.6 Å². The number of H-pyrrole nitrogens is 1. The molecule has 0 spiro atoms. The van der Waals surface area contributed by atoms with E-state index in [4.69, 9.17) is 11.6 Å². The number of carbonyl (C=O) groups is 3. The first-order valence-electron chi connectivity index (χ1n) is 12.5. The number of fused-ring (bicyclic) bond motifs is 1. The van der Waals surface area contributed by atoms with Crippen LogP contribution in [0.3, 0.4) is 0 Å². The third kappa shape index (κ3) is 5.13. The number of rotatable bonds is 4. The molecule has 5 rings (SSSR count). The van der Waals surface area contributed by atoms with Gasteiger partial charge in [-0.15, -0.1) is 0 Å². The third-order valence-electron chi connectivity index (χ3n) is 7.10. The lowest BCUT2D eigenvalue weighted by Gasteiger charge is -2.32. The molecule has 0 unspecified atom stereocenters. The molecule has 194 valence electrons. The minimum atomic E-state index is -0.724. The fraction of sp³-hybridized carbons (Fsp3) is 0.241. The molecule has 0 aliphatic carbocycles. The number of carbonyl (C=O) groups excluding carboxylic acids is 3. The number of amides is 3. The summed E-state index contributed by atoms with van der Waals surface area (Å²) in [6.07, 6.45) is 4.91. The maximum atomic E-state index is 13.1. The van der Waals surface area contributed by atoms with E-state index in [0.717, 1.165) is 34.9 Å². The van der Waals surface area contributed by atoms with Gasteiger partial charge >= 0.3 is 11.8 Å². The van der Waals surface area contributed by atoms with Crippen molar-refractivity contribution in [3.8, 4) is 0 Å². The monoisotopic (exact) mass is 529 g/mol. The zero-order valence-electron chi connectivity index (χ0n) is 21.2. The number of aryl methyl sites for hydroxylation is 2. The molecule has 3 amide bonds. The Morgan fingerprint density at radius 3 is 2.29 bits per heavy atom. The molecule has 1 saturated heterocycles. The second kappa shape index (κ2) is 10.7. The first kappa shape index (κ1) is 25.5. The Balaban J connectivity index is 1.16. The van der Waals surface area contributed by atoms with Crippen LogP contribution in [0.5, 0.6) is 0 Å². The number of halogens is 1. The smallest absolute Gasteiger partial charge is 0.314 e. The third-order valence-corrected chi connectivity index (χ3v) is 7.51. The van der Waals surface area contributed by atoms with Gasteiger partial charge in [-0.1, -0.05) is 41.9 Å². The Bertz CT molecular complexity index is 1500. The summed E-state index contributed by atoms with van der Waals surface area (Å²) in [5.41, 5.74) is 5.19. The maximum absolute atomic E-state index is 13.1. The van der Waals surface area contributed by atoms with Crippen LogP contribution < -0.4 is 10.6 Å². The topological polar surface area (TPSA) is 107 Å². The fourth-order valence-electron chi connectivity index (χ4n) is 4.92. The van der Waals surface area contributed by atoms with E-state index in [2.05, 4.69) is 20.6 Å². The van der Waals surface area contributed by atoms with Crippen molar-refractivity contribution in [3.63, 3.8) is 0 Å². The maximum Gasteiger partial charge on any atom is 0.314 e. The SMILES string of the molecule is Cc1cccc(C)c1NC(=O)C(=O)Nc1ccc(C2CCN(C(=O)c3cnc4[nH]ccc4c3Cl)CC2)cc1. The summed E-state index contributed by atoms with van der Waals surface area (Å²) < 4.78 is 0. The Morgan fingerprint density at radius 2 is 1.61 bits per heavy atom. The van der Waals surface area contributed by atoms with Gasteiger partial charge in [0.1, 0.15) is 5.65 Å². The molecule has 4 aromatic rings. The number of piperidine rings is 1. The van der Waals surface area contributed by atoms with E-state index >= 15 is 0 Å². The van der Waals surface area contributed by atoms with Gasteiger partial charge in [0.2, 0.25) is 0 Å². The van der Waals surface area contributed by atoms with Gasteiger partial charge < -0.3 is 20.5 Å². The molecule has 3 heterocycles. The highest BCUT2D eigenvalue weighted by molar-refractivity contribution is 6.43. The van der Waals surface area contributed by atoms with E-state index in [1.807, 2.05) is 55.1 Å². The van der Waals surface area contributed by atoms with E-state index in [1.165, 1.54) is 6.20 Å². The number of aromatic amines is 1. The lowest BCUT2D eigenvalue weighted by atomic mass is 9.89. The van der Waals surface area contributed by atoms with Crippen LogP contribution in [0.25, 0.3) is 11.0 Å². The molecule has 9 heteroatoms. The Kier molecular flexibility index (Phi) is 7.15. The quantitative estimate of drug-likeness (QED) is 0.306. The predicted octanol–water partition coefficient (Wildman–Crippen LogP) is 5.43. The van der Waals surface area contributed by atoms with Gasteiger partial charge in [0, 0.05) is 42.2 Å². The molecule has 2 aromatic heterocycles.